The SMILES string of the molecule is COCCCNC(=O)C1CCN(CC(=O)N2CCN(S(=O)(=O)c3ccc(F)cc3)CC2)CC1. The number of sulfonamides is 1. The van der Waals surface area contributed by atoms with E-state index >= 15 is 0 Å². The normalized spacial score (nSPS) is 18.9. The lowest BCUT2D eigenvalue weighted by Gasteiger charge is -2.36. The van der Waals surface area contributed by atoms with Gasteiger partial charge in [0.15, 0.2) is 0 Å². The van der Waals surface area contributed by atoms with E-state index in [1.165, 1.54) is 16.4 Å². The minimum atomic E-state index is -3.71. The predicted octanol–water partition coefficient (Wildman–Crippen LogP) is 0.523. The standard InChI is InChI=1S/C22H33FN4O5S/c1-32-16-2-9-24-22(29)18-7-10-25(11-8-18)17-21(28)26-12-14-27(15-13-26)33(30,31)20-5-3-19(23)4-6-20/h3-6,18H,2,7-17H2,1H3,(H,24,29). The summed E-state index contributed by atoms with van der Waals surface area (Å²) in [6.45, 7) is 3.91. The number of amides is 2. The number of carbonyl (C=O) groups excluding carboxylic acids is 2. The Kier molecular flexibility index (Phi) is 9.19. The molecule has 0 bridgehead atoms. The van der Waals surface area contributed by atoms with Gasteiger partial charge >= 0.3 is 0 Å². The van der Waals surface area contributed by atoms with Crippen molar-refractivity contribution in [2.24, 2.45) is 5.92 Å². The second kappa shape index (κ2) is 11.9. The summed E-state index contributed by atoms with van der Waals surface area (Å²) in [6, 6.07) is 4.76. The number of methoxy groups -OCH3 is 1. The molecule has 0 unspecified atom stereocenters. The Hall–Kier alpha value is -2.08. The number of nitrogens with one attached hydrogen (secondary N) is 1. The molecule has 1 aromatic rings. The van der Waals surface area contributed by atoms with Gasteiger partial charge in [-0.3, -0.25) is 14.5 Å². The van der Waals surface area contributed by atoms with Gasteiger partial charge in [0, 0.05) is 52.4 Å². The zero-order valence-corrected chi connectivity index (χ0v) is 19.9. The van der Waals surface area contributed by atoms with Crippen LogP contribution in [0.2, 0.25) is 0 Å². The number of likely N-dealkylation sites (tertiary alicyclic amines) is 1. The fourth-order valence-electron chi connectivity index (χ4n) is 4.15. The van der Waals surface area contributed by atoms with Gasteiger partial charge in [0.1, 0.15) is 5.82 Å². The molecule has 184 valence electrons. The summed E-state index contributed by atoms with van der Waals surface area (Å²) < 4.78 is 44.9. The first kappa shape index (κ1) is 25.5. The third-order valence-corrected chi connectivity index (χ3v) is 8.10. The monoisotopic (exact) mass is 484 g/mol. The van der Waals surface area contributed by atoms with Gasteiger partial charge < -0.3 is 15.0 Å². The van der Waals surface area contributed by atoms with Gasteiger partial charge in [-0.15, -0.1) is 0 Å². The van der Waals surface area contributed by atoms with E-state index in [0.29, 0.717) is 52.2 Å². The highest BCUT2D eigenvalue weighted by Crippen LogP contribution is 2.20. The first-order valence-electron chi connectivity index (χ1n) is 11.3. The molecule has 2 saturated heterocycles. The summed E-state index contributed by atoms with van der Waals surface area (Å²) in [4.78, 5) is 28.8. The van der Waals surface area contributed by atoms with E-state index in [0.717, 1.165) is 18.6 Å². The van der Waals surface area contributed by atoms with Gasteiger partial charge in [-0.05, 0) is 56.6 Å². The molecule has 0 spiro atoms. The lowest BCUT2D eigenvalue weighted by Crippen LogP contribution is -2.53. The van der Waals surface area contributed by atoms with Crippen molar-refractivity contribution < 1.29 is 27.1 Å². The van der Waals surface area contributed by atoms with E-state index in [1.807, 2.05) is 0 Å². The van der Waals surface area contributed by atoms with Gasteiger partial charge in [-0.2, -0.15) is 4.31 Å². The topological polar surface area (TPSA) is 99.3 Å². The molecule has 1 aromatic carbocycles. The van der Waals surface area contributed by atoms with Crippen LogP contribution in [-0.2, 0) is 24.3 Å². The van der Waals surface area contributed by atoms with E-state index in [2.05, 4.69) is 10.2 Å². The molecule has 2 heterocycles. The molecular weight excluding hydrogens is 451 g/mol. The molecule has 33 heavy (non-hydrogen) atoms. The van der Waals surface area contributed by atoms with Crippen LogP contribution in [0.5, 0.6) is 0 Å². The van der Waals surface area contributed by atoms with Gasteiger partial charge in [0.25, 0.3) is 0 Å². The Morgan fingerprint density at radius 1 is 1.06 bits per heavy atom. The Morgan fingerprint density at radius 3 is 2.30 bits per heavy atom. The Morgan fingerprint density at radius 2 is 1.70 bits per heavy atom. The maximum absolute atomic E-state index is 13.1. The number of rotatable bonds is 9. The third-order valence-electron chi connectivity index (χ3n) is 6.18. The molecule has 0 atom stereocenters. The van der Waals surface area contributed by atoms with Gasteiger partial charge in [0.05, 0.1) is 11.4 Å². The van der Waals surface area contributed by atoms with E-state index < -0.39 is 15.8 Å². The number of benzene rings is 1. The van der Waals surface area contributed by atoms with Gasteiger partial charge in [0.2, 0.25) is 21.8 Å². The zero-order chi connectivity index (χ0) is 23.8. The molecule has 0 radical (unpaired) electrons. The van der Waals surface area contributed by atoms with Crippen molar-refractivity contribution in [3.05, 3.63) is 30.1 Å². The molecule has 0 aromatic heterocycles. The molecule has 9 nitrogen and oxygen atoms in total. The molecule has 0 saturated carbocycles. The second-order valence-corrected chi connectivity index (χ2v) is 10.4. The van der Waals surface area contributed by atoms with Crippen molar-refractivity contribution in [1.29, 1.82) is 0 Å². The lowest BCUT2D eigenvalue weighted by atomic mass is 9.96. The van der Waals surface area contributed by atoms with E-state index in [-0.39, 0.29) is 42.3 Å². The van der Waals surface area contributed by atoms with E-state index in [9.17, 15) is 22.4 Å². The van der Waals surface area contributed by atoms with Crippen molar-refractivity contribution in [1.82, 2.24) is 19.4 Å². The fraction of sp³-hybridized carbons (Fsp3) is 0.636. The maximum Gasteiger partial charge on any atom is 0.243 e. The summed E-state index contributed by atoms with van der Waals surface area (Å²) in [5, 5.41) is 2.94. The highest BCUT2D eigenvalue weighted by molar-refractivity contribution is 7.89. The van der Waals surface area contributed by atoms with Crippen LogP contribution >= 0.6 is 0 Å². The molecule has 2 aliphatic rings. The number of hydrogen-bond acceptors (Lipinski definition) is 6. The number of carbonyl (C=O) groups is 2. The largest absolute Gasteiger partial charge is 0.385 e. The average Bonchev–Trinajstić information content (AvgIpc) is 2.82. The van der Waals surface area contributed by atoms with Crippen LogP contribution in [0.3, 0.4) is 0 Å². The zero-order valence-electron chi connectivity index (χ0n) is 19.0. The molecule has 2 amide bonds. The van der Waals surface area contributed by atoms with Crippen molar-refractivity contribution in [3.63, 3.8) is 0 Å². The first-order valence-corrected chi connectivity index (χ1v) is 12.8. The lowest BCUT2D eigenvalue weighted by molar-refractivity contribution is -0.134. The van der Waals surface area contributed by atoms with Crippen molar-refractivity contribution in [2.75, 3.05) is 66.1 Å². The van der Waals surface area contributed by atoms with Crippen LogP contribution in [0.25, 0.3) is 0 Å². The first-order chi connectivity index (χ1) is 15.8. The summed E-state index contributed by atoms with van der Waals surface area (Å²) in [6.07, 6.45) is 2.22. The van der Waals surface area contributed by atoms with Crippen molar-refractivity contribution >= 4 is 21.8 Å². The smallest absolute Gasteiger partial charge is 0.243 e. The number of ether oxygens (including phenoxy) is 1. The molecule has 2 fully saturated rings. The summed E-state index contributed by atoms with van der Waals surface area (Å²) in [5.74, 6) is -0.484. The average molecular weight is 485 g/mol. The minimum Gasteiger partial charge on any atom is -0.385 e. The van der Waals surface area contributed by atoms with Crippen LogP contribution in [0.4, 0.5) is 4.39 Å². The molecule has 11 heteroatoms. The Bertz CT molecular complexity index is 896. The van der Waals surface area contributed by atoms with E-state index in [4.69, 9.17) is 4.74 Å². The Balaban J connectivity index is 1.40. The quantitative estimate of drug-likeness (QED) is 0.513. The third kappa shape index (κ3) is 6.95. The van der Waals surface area contributed by atoms with Crippen LogP contribution in [0.15, 0.2) is 29.2 Å². The minimum absolute atomic E-state index is 0.0286. The second-order valence-electron chi connectivity index (χ2n) is 8.43. The van der Waals surface area contributed by atoms with Crippen LogP contribution in [0.1, 0.15) is 19.3 Å². The summed E-state index contributed by atoms with van der Waals surface area (Å²) in [7, 11) is -2.07. The van der Waals surface area contributed by atoms with Crippen LogP contribution in [-0.4, -0.2) is 100 Å². The Labute approximate surface area is 194 Å². The van der Waals surface area contributed by atoms with Crippen LogP contribution < -0.4 is 5.32 Å². The van der Waals surface area contributed by atoms with Gasteiger partial charge in [-0.1, -0.05) is 0 Å². The number of hydrogen-bond donors (Lipinski definition) is 1. The number of piperidine rings is 1. The highest BCUT2D eigenvalue weighted by Gasteiger charge is 2.31. The molecule has 0 aliphatic carbocycles. The number of halogens is 1. The highest BCUT2D eigenvalue weighted by atomic mass is 32.2. The molecular formula is C22H33FN4O5S. The molecule has 3 rings (SSSR count). The number of piperazine rings is 1. The van der Waals surface area contributed by atoms with Crippen molar-refractivity contribution in [2.45, 2.75) is 24.2 Å². The summed E-state index contributed by atoms with van der Waals surface area (Å²) in [5.41, 5.74) is 0. The number of nitrogens with zero attached hydrogens (tertiary/aromatic N) is 3. The molecule has 1 N–H and O–H groups in total. The maximum atomic E-state index is 13.1. The van der Waals surface area contributed by atoms with Crippen molar-refractivity contribution in [3.8, 4) is 0 Å². The fourth-order valence-corrected chi connectivity index (χ4v) is 5.57. The molecule has 2 aliphatic heterocycles. The summed E-state index contributed by atoms with van der Waals surface area (Å²) >= 11 is 0. The van der Waals surface area contributed by atoms with E-state index in [1.54, 1.807) is 12.0 Å². The van der Waals surface area contributed by atoms with Crippen LogP contribution in [0, 0.1) is 11.7 Å². The predicted molar refractivity (Wildman–Crippen MR) is 120 cm³/mol. The van der Waals surface area contributed by atoms with Gasteiger partial charge in [-0.25, -0.2) is 12.8 Å².